The van der Waals surface area contributed by atoms with Gasteiger partial charge in [-0.2, -0.15) is 13.2 Å². The number of alkyl halides is 3. The van der Waals surface area contributed by atoms with E-state index in [9.17, 15) is 17.4 Å². The van der Waals surface area contributed by atoms with Crippen molar-refractivity contribution < 1.29 is 27.0 Å². The highest BCUT2D eigenvalue weighted by atomic mass is 32.2. The number of hydrogen-bond donors (Lipinski definition) is 0. The quantitative estimate of drug-likeness (QED) is 0.807. The van der Waals surface area contributed by atoms with Gasteiger partial charge in [0.15, 0.2) is 5.25 Å². The van der Waals surface area contributed by atoms with Crippen LogP contribution in [0.15, 0.2) is 64.6 Å². The summed E-state index contributed by atoms with van der Waals surface area (Å²) in [5.41, 5.74) is 1.23. The van der Waals surface area contributed by atoms with Crippen molar-refractivity contribution in [3.8, 4) is 0 Å². The second kappa shape index (κ2) is 6.85. The summed E-state index contributed by atoms with van der Waals surface area (Å²) in [6, 6.07) is 14.6. The molecule has 138 valence electrons. The van der Waals surface area contributed by atoms with E-state index in [4.69, 9.17) is 9.57 Å². The van der Waals surface area contributed by atoms with Gasteiger partial charge in [-0.25, -0.2) is 0 Å². The Morgan fingerprint density at radius 1 is 1.12 bits per heavy atom. The largest absolute Gasteiger partial charge is 0.459 e. The number of ether oxygens (including phenoxy) is 1. The Balaban J connectivity index is 2.13. The summed E-state index contributed by atoms with van der Waals surface area (Å²) >= 11 is 0. The van der Waals surface area contributed by atoms with Gasteiger partial charge in [-0.1, -0.05) is 53.2 Å². The smallest absolute Gasteiger partial charge is 0.348 e. The molecule has 2 unspecified atom stereocenters. The van der Waals surface area contributed by atoms with Crippen molar-refractivity contribution in [2.45, 2.75) is 29.0 Å². The van der Waals surface area contributed by atoms with Crippen molar-refractivity contribution in [1.82, 2.24) is 0 Å². The molecule has 8 heteroatoms. The normalized spacial score (nSPS) is 24.0. The number of aryl methyl sites for hydroxylation is 1. The maximum absolute atomic E-state index is 13.8. The van der Waals surface area contributed by atoms with Gasteiger partial charge in [0.25, 0.3) is 0 Å². The molecule has 3 atom stereocenters. The average Bonchev–Trinajstić information content (AvgIpc) is 3.03. The van der Waals surface area contributed by atoms with Gasteiger partial charge in [0.1, 0.15) is 5.71 Å². The predicted molar refractivity (Wildman–Crippen MR) is 91.2 cm³/mol. The van der Waals surface area contributed by atoms with Crippen molar-refractivity contribution in [1.29, 1.82) is 0 Å². The van der Waals surface area contributed by atoms with Crippen LogP contribution in [0, 0.1) is 6.92 Å². The van der Waals surface area contributed by atoms with Gasteiger partial charge in [-0.05, 0) is 19.1 Å². The Morgan fingerprint density at radius 3 is 2.27 bits per heavy atom. The first-order valence-electron chi connectivity index (χ1n) is 7.71. The van der Waals surface area contributed by atoms with Crippen molar-refractivity contribution >= 4 is 16.5 Å². The third kappa shape index (κ3) is 3.03. The lowest BCUT2D eigenvalue weighted by atomic mass is 10.0. The Kier molecular flexibility index (Phi) is 4.90. The van der Waals surface area contributed by atoms with Gasteiger partial charge < -0.3 is 9.57 Å². The van der Waals surface area contributed by atoms with Crippen molar-refractivity contribution in [3.63, 3.8) is 0 Å². The van der Waals surface area contributed by atoms with E-state index >= 15 is 0 Å². The van der Waals surface area contributed by atoms with Crippen LogP contribution in [0.4, 0.5) is 13.2 Å². The fourth-order valence-corrected chi connectivity index (χ4v) is 4.33. The molecule has 0 N–H and O–H groups in total. The molecule has 0 saturated carbocycles. The van der Waals surface area contributed by atoms with Crippen LogP contribution in [0.1, 0.15) is 11.1 Å². The molecule has 3 rings (SSSR count). The number of hydrogen-bond acceptors (Lipinski definition) is 4. The minimum Gasteiger partial charge on any atom is -0.348 e. The van der Waals surface area contributed by atoms with Crippen LogP contribution < -0.4 is 0 Å². The fourth-order valence-electron chi connectivity index (χ4n) is 2.72. The van der Waals surface area contributed by atoms with Crippen LogP contribution in [0.3, 0.4) is 0 Å². The Hall–Kier alpha value is -2.19. The minimum atomic E-state index is -4.94. The minimum absolute atomic E-state index is 0.0660. The summed E-state index contributed by atoms with van der Waals surface area (Å²) in [6.45, 7) is 1.83. The zero-order valence-corrected chi connectivity index (χ0v) is 14.8. The molecule has 4 nitrogen and oxygen atoms in total. The summed E-state index contributed by atoms with van der Waals surface area (Å²) in [6.07, 6.45) is -4.94. The molecule has 0 bridgehead atoms. The van der Waals surface area contributed by atoms with Gasteiger partial charge in [0.05, 0.1) is 10.8 Å². The van der Waals surface area contributed by atoms with E-state index in [0.29, 0.717) is 5.56 Å². The van der Waals surface area contributed by atoms with Crippen LogP contribution in [-0.4, -0.2) is 34.2 Å². The average molecular weight is 383 g/mol. The monoisotopic (exact) mass is 383 g/mol. The van der Waals surface area contributed by atoms with E-state index in [1.807, 2.05) is 6.92 Å². The van der Waals surface area contributed by atoms with E-state index < -0.39 is 28.0 Å². The highest BCUT2D eigenvalue weighted by Crippen LogP contribution is 2.45. The molecule has 0 radical (unpaired) electrons. The SMILES string of the molecule is CO[C@]1(C(F)(F)F)ON=C(c2ccccc2)C1S(=O)c1ccc(C)cc1. The highest BCUT2D eigenvalue weighted by molar-refractivity contribution is 7.86. The predicted octanol–water partition coefficient (Wildman–Crippen LogP) is 3.81. The maximum atomic E-state index is 13.8. The summed E-state index contributed by atoms with van der Waals surface area (Å²) in [5.74, 6) is -3.12. The number of benzene rings is 2. The first-order valence-corrected chi connectivity index (χ1v) is 8.92. The van der Waals surface area contributed by atoms with Crippen molar-refractivity contribution in [3.05, 3.63) is 65.7 Å². The number of oxime groups is 1. The maximum Gasteiger partial charge on any atom is 0.459 e. The number of methoxy groups -OCH3 is 1. The third-order valence-electron chi connectivity index (χ3n) is 4.11. The third-order valence-corrected chi connectivity index (χ3v) is 5.81. The second-order valence-corrected chi connectivity index (χ2v) is 7.33. The molecule has 2 aromatic rings. The number of rotatable bonds is 4. The molecule has 0 spiro atoms. The molecule has 26 heavy (non-hydrogen) atoms. The lowest BCUT2D eigenvalue weighted by Crippen LogP contribution is -2.58. The van der Waals surface area contributed by atoms with E-state index in [1.165, 1.54) is 12.1 Å². The molecule has 1 heterocycles. The van der Waals surface area contributed by atoms with Gasteiger partial charge in [0, 0.05) is 17.6 Å². The lowest BCUT2D eigenvalue weighted by molar-refractivity contribution is -0.362. The standard InChI is InChI=1S/C18H16F3NO3S/c1-12-8-10-14(11-9-12)26(23)16-15(13-6-4-3-5-7-13)22-25-17(16,24-2)18(19,20)21/h3-11,16H,1-2H3/t16?,17-,26?/m0/s1. The zero-order chi connectivity index (χ0) is 18.9. The summed E-state index contributed by atoms with van der Waals surface area (Å²) < 4.78 is 59.4. The molecule has 2 aromatic carbocycles. The molecule has 0 saturated heterocycles. The van der Waals surface area contributed by atoms with Crippen LogP contribution in [0.25, 0.3) is 0 Å². The van der Waals surface area contributed by atoms with E-state index in [1.54, 1.807) is 42.5 Å². The van der Waals surface area contributed by atoms with Crippen molar-refractivity contribution in [2.24, 2.45) is 5.16 Å². The molecular formula is C18H16F3NO3S. The van der Waals surface area contributed by atoms with Gasteiger partial charge in [-0.15, -0.1) is 0 Å². The Bertz CT molecular complexity index is 837. The number of nitrogens with zero attached hydrogens (tertiary/aromatic N) is 1. The molecule has 0 aliphatic carbocycles. The van der Waals surface area contributed by atoms with Gasteiger partial charge >= 0.3 is 12.0 Å². The Morgan fingerprint density at radius 2 is 1.73 bits per heavy atom. The van der Waals surface area contributed by atoms with Crippen LogP contribution >= 0.6 is 0 Å². The zero-order valence-electron chi connectivity index (χ0n) is 14.0. The molecular weight excluding hydrogens is 367 g/mol. The summed E-state index contributed by atoms with van der Waals surface area (Å²) in [7, 11) is -1.24. The van der Waals surface area contributed by atoms with Crippen LogP contribution in [0.2, 0.25) is 0 Å². The summed E-state index contributed by atoms with van der Waals surface area (Å²) in [4.78, 5) is 4.98. The molecule has 0 amide bonds. The first kappa shape index (κ1) is 18.6. The topological polar surface area (TPSA) is 47.9 Å². The van der Waals surface area contributed by atoms with Crippen LogP contribution in [-0.2, 0) is 20.4 Å². The van der Waals surface area contributed by atoms with Crippen LogP contribution in [0.5, 0.6) is 0 Å². The van der Waals surface area contributed by atoms with E-state index in [0.717, 1.165) is 12.7 Å². The molecule has 1 aliphatic rings. The van der Waals surface area contributed by atoms with E-state index in [2.05, 4.69) is 5.16 Å². The fraction of sp³-hybridized carbons (Fsp3) is 0.278. The second-order valence-electron chi connectivity index (χ2n) is 5.79. The molecule has 1 aliphatic heterocycles. The van der Waals surface area contributed by atoms with Crippen molar-refractivity contribution in [2.75, 3.05) is 7.11 Å². The molecule has 0 fully saturated rings. The van der Waals surface area contributed by atoms with Gasteiger partial charge in [-0.3, -0.25) is 4.21 Å². The lowest BCUT2D eigenvalue weighted by Gasteiger charge is -2.32. The first-order chi connectivity index (χ1) is 12.3. The van der Waals surface area contributed by atoms with Gasteiger partial charge in [0.2, 0.25) is 0 Å². The molecule has 0 aromatic heterocycles. The Labute approximate surface area is 151 Å². The van der Waals surface area contributed by atoms with E-state index in [-0.39, 0.29) is 10.6 Å². The highest BCUT2D eigenvalue weighted by Gasteiger charge is 2.70. The summed E-state index contributed by atoms with van der Waals surface area (Å²) in [5, 5.41) is 1.95. The number of halogens is 3.